The molecule has 0 aromatic carbocycles. The Hall–Kier alpha value is -1.22. The van der Waals surface area contributed by atoms with Crippen molar-refractivity contribution >= 4 is 21.4 Å². The maximum atomic E-state index is 12.2. The predicted octanol–water partition coefficient (Wildman–Crippen LogP) is 1.03. The van der Waals surface area contributed by atoms with Gasteiger partial charge in [-0.05, 0) is 25.5 Å². The quantitative estimate of drug-likeness (QED) is 0.834. The van der Waals surface area contributed by atoms with E-state index in [2.05, 4.69) is 9.82 Å². The molecule has 2 heterocycles. The number of rotatable bonds is 6. The van der Waals surface area contributed by atoms with Crippen LogP contribution in [0, 0.1) is 13.8 Å². The summed E-state index contributed by atoms with van der Waals surface area (Å²) in [6, 6.07) is 1.51. The van der Waals surface area contributed by atoms with E-state index in [1.165, 1.54) is 17.4 Å². The van der Waals surface area contributed by atoms with E-state index in [0.29, 0.717) is 16.3 Å². The molecular weight excluding hydrogens is 298 g/mol. The fourth-order valence-electron chi connectivity index (χ4n) is 1.83. The highest BCUT2D eigenvalue weighted by atomic mass is 32.2. The molecule has 110 valence electrons. The van der Waals surface area contributed by atoms with E-state index >= 15 is 0 Å². The molecule has 0 amide bonds. The molecule has 0 atom stereocenters. The van der Waals surface area contributed by atoms with Crippen LogP contribution in [0.3, 0.4) is 0 Å². The van der Waals surface area contributed by atoms with Gasteiger partial charge in [0.25, 0.3) is 0 Å². The molecule has 0 radical (unpaired) electrons. The minimum absolute atomic E-state index is 0.145. The first-order valence-electron chi connectivity index (χ1n) is 6.11. The van der Waals surface area contributed by atoms with Crippen LogP contribution in [0.2, 0.25) is 0 Å². The first kappa shape index (κ1) is 15.2. The van der Waals surface area contributed by atoms with E-state index < -0.39 is 10.0 Å². The van der Waals surface area contributed by atoms with Gasteiger partial charge in [0.1, 0.15) is 0 Å². The molecule has 0 aliphatic rings. The van der Waals surface area contributed by atoms with E-state index in [1.807, 2.05) is 13.1 Å². The lowest BCUT2D eigenvalue weighted by molar-refractivity contribution is 0.285. The first-order valence-corrected chi connectivity index (χ1v) is 8.41. The summed E-state index contributed by atoms with van der Waals surface area (Å²) in [6.45, 7) is 4.26. The van der Waals surface area contributed by atoms with Gasteiger partial charge in [-0.2, -0.15) is 5.10 Å². The molecular formula is C12H17N3O3S2. The molecule has 0 saturated heterocycles. The van der Waals surface area contributed by atoms with Gasteiger partial charge in [-0.3, -0.25) is 4.68 Å². The molecule has 8 heteroatoms. The van der Waals surface area contributed by atoms with Gasteiger partial charge in [0.05, 0.1) is 24.2 Å². The van der Waals surface area contributed by atoms with Gasteiger partial charge in [0.2, 0.25) is 10.0 Å². The van der Waals surface area contributed by atoms with Crippen LogP contribution in [-0.2, 0) is 23.2 Å². The fraction of sp³-hybridized carbons (Fsp3) is 0.417. The summed E-state index contributed by atoms with van der Waals surface area (Å²) in [6.07, 6.45) is 3.58. The summed E-state index contributed by atoms with van der Waals surface area (Å²) in [5, 5.41) is 13.1. The summed E-state index contributed by atoms with van der Waals surface area (Å²) < 4.78 is 28.6. The van der Waals surface area contributed by atoms with Gasteiger partial charge in [0, 0.05) is 22.5 Å². The number of thiophene rings is 1. The fourth-order valence-corrected chi connectivity index (χ4v) is 4.34. The Labute approximate surface area is 122 Å². The number of aryl methyl sites for hydroxylation is 2. The molecule has 0 unspecified atom stereocenters. The number of hydrogen-bond donors (Lipinski definition) is 2. The lowest BCUT2D eigenvalue weighted by atomic mass is 10.4. The SMILES string of the molecule is Cc1cnn(CCNS(=O)(=O)c2cc(CO)sc2C)c1. The van der Waals surface area contributed by atoms with Crippen molar-refractivity contribution in [3.8, 4) is 0 Å². The van der Waals surface area contributed by atoms with Crippen LogP contribution >= 0.6 is 11.3 Å². The molecule has 2 N–H and O–H groups in total. The average molecular weight is 315 g/mol. The van der Waals surface area contributed by atoms with E-state index in [4.69, 9.17) is 5.11 Å². The lowest BCUT2D eigenvalue weighted by Crippen LogP contribution is -2.27. The maximum Gasteiger partial charge on any atom is 0.241 e. The van der Waals surface area contributed by atoms with Crippen molar-refractivity contribution in [2.45, 2.75) is 31.9 Å². The number of nitrogens with one attached hydrogen (secondary N) is 1. The largest absolute Gasteiger partial charge is 0.391 e. The van der Waals surface area contributed by atoms with Crippen LogP contribution in [0.4, 0.5) is 0 Å². The van der Waals surface area contributed by atoms with Crippen LogP contribution < -0.4 is 4.72 Å². The summed E-state index contributed by atoms with van der Waals surface area (Å²) in [7, 11) is -3.54. The third kappa shape index (κ3) is 3.45. The Bertz CT molecular complexity index is 689. The second kappa shape index (κ2) is 6.04. The molecule has 0 aliphatic heterocycles. The molecule has 20 heavy (non-hydrogen) atoms. The highest BCUT2D eigenvalue weighted by Gasteiger charge is 2.19. The van der Waals surface area contributed by atoms with E-state index in [-0.39, 0.29) is 18.0 Å². The van der Waals surface area contributed by atoms with Crippen LogP contribution in [-0.4, -0.2) is 29.8 Å². The zero-order chi connectivity index (χ0) is 14.8. The normalized spacial score (nSPS) is 11.9. The first-order chi connectivity index (χ1) is 9.42. The van der Waals surface area contributed by atoms with Crippen LogP contribution in [0.15, 0.2) is 23.4 Å². The standard InChI is InChI=1S/C12H17N3O3S2/c1-9-6-13-15(7-9)4-3-14-20(17,18)12-5-11(8-16)19-10(12)2/h5-7,14,16H,3-4,8H2,1-2H3. The van der Waals surface area contributed by atoms with Crippen LogP contribution in [0.1, 0.15) is 15.3 Å². The summed E-state index contributed by atoms with van der Waals surface area (Å²) in [5.74, 6) is 0. The molecule has 0 bridgehead atoms. The van der Waals surface area contributed by atoms with Crippen molar-refractivity contribution in [3.63, 3.8) is 0 Å². The highest BCUT2D eigenvalue weighted by molar-refractivity contribution is 7.89. The third-order valence-electron chi connectivity index (χ3n) is 2.76. The summed E-state index contributed by atoms with van der Waals surface area (Å²) >= 11 is 1.29. The van der Waals surface area contributed by atoms with Crippen LogP contribution in [0.25, 0.3) is 0 Å². The van der Waals surface area contributed by atoms with Gasteiger partial charge < -0.3 is 5.11 Å². The van der Waals surface area contributed by atoms with E-state index in [9.17, 15) is 8.42 Å². The Kier molecular flexibility index (Phi) is 4.59. The Morgan fingerprint density at radius 1 is 1.45 bits per heavy atom. The number of sulfonamides is 1. The third-order valence-corrected chi connectivity index (χ3v) is 5.52. The summed E-state index contributed by atoms with van der Waals surface area (Å²) in [4.78, 5) is 1.56. The smallest absolute Gasteiger partial charge is 0.241 e. The molecule has 2 aromatic rings. The van der Waals surface area contributed by atoms with Gasteiger partial charge in [0.15, 0.2) is 0 Å². The van der Waals surface area contributed by atoms with Gasteiger partial charge >= 0.3 is 0 Å². The minimum Gasteiger partial charge on any atom is -0.391 e. The number of nitrogens with zero attached hydrogens (tertiary/aromatic N) is 2. The van der Waals surface area contributed by atoms with Crippen molar-refractivity contribution in [1.29, 1.82) is 0 Å². The van der Waals surface area contributed by atoms with Crippen molar-refractivity contribution in [1.82, 2.24) is 14.5 Å². The molecule has 2 rings (SSSR count). The second-order valence-electron chi connectivity index (χ2n) is 4.47. The molecule has 0 fully saturated rings. The lowest BCUT2D eigenvalue weighted by Gasteiger charge is -2.06. The van der Waals surface area contributed by atoms with E-state index in [0.717, 1.165) is 5.56 Å². The predicted molar refractivity (Wildman–Crippen MR) is 77.1 cm³/mol. The Balaban J connectivity index is 2.01. The monoisotopic (exact) mass is 315 g/mol. The van der Waals surface area contributed by atoms with Crippen molar-refractivity contribution < 1.29 is 13.5 Å². The van der Waals surface area contributed by atoms with Crippen molar-refractivity contribution in [3.05, 3.63) is 33.8 Å². The topological polar surface area (TPSA) is 84.2 Å². The van der Waals surface area contributed by atoms with Crippen molar-refractivity contribution in [2.24, 2.45) is 0 Å². The molecule has 2 aromatic heterocycles. The second-order valence-corrected chi connectivity index (χ2v) is 7.55. The van der Waals surface area contributed by atoms with E-state index in [1.54, 1.807) is 17.8 Å². The van der Waals surface area contributed by atoms with Crippen LogP contribution in [0.5, 0.6) is 0 Å². The van der Waals surface area contributed by atoms with Gasteiger partial charge in [-0.1, -0.05) is 0 Å². The Morgan fingerprint density at radius 2 is 2.20 bits per heavy atom. The number of aliphatic hydroxyl groups excluding tert-OH is 1. The average Bonchev–Trinajstić information content (AvgIpc) is 2.95. The zero-order valence-electron chi connectivity index (χ0n) is 11.3. The minimum atomic E-state index is -3.54. The number of aliphatic hydroxyl groups is 1. The molecule has 0 saturated carbocycles. The van der Waals surface area contributed by atoms with Gasteiger partial charge in [-0.25, -0.2) is 13.1 Å². The van der Waals surface area contributed by atoms with Crippen molar-refractivity contribution in [2.75, 3.05) is 6.54 Å². The molecule has 0 spiro atoms. The molecule has 0 aliphatic carbocycles. The number of aromatic nitrogens is 2. The molecule has 6 nitrogen and oxygen atoms in total. The number of hydrogen-bond acceptors (Lipinski definition) is 5. The zero-order valence-corrected chi connectivity index (χ0v) is 13.0. The highest BCUT2D eigenvalue weighted by Crippen LogP contribution is 2.25. The van der Waals surface area contributed by atoms with Gasteiger partial charge in [-0.15, -0.1) is 11.3 Å². The maximum absolute atomic E-state index is 12.2. The summed E-state index contributed by atoms with van der Waals surface area (Å²) in [5.41, 5.74) is 1.04. The Morgan fingerprint density at radius 3 is 2.75 bits per heavy atom.